The normalized spacial score (nSPS) is 13.2. The van der Waals surface area contributed by atoms with Gasteiger partial charge in [0, 0.05) is 66.8 Å². The topological polar surface area (TPSA) is 123 Å². The number of hydrogen-bond acceptors (Lipinski definition) is 7. The Morgan fingerprint density at radius 2 is 1.05 bits per heavy atom. The summed E-state index contributed by atoms with van der Waals surface area (Å²) in [7, 11) is -2.08. The number of ether oxygens (including phenoxy) is 1. The second-order valence-electron chi connectivity index (χ2n) is 15.9. The van der Waals surface area contributed by atoms with Gasteiger partial charge in [-0.25, -0.2) is 0 Å². The van der Waals surface area contributed by atoms with Gasteiger partial charge in [-0.05, 0) is 87.8 Å². The van der Waals surface area contributed by atoms with Gasteiger partial charge in [0.2, 0.25) is 11.8 Å². The number of carbonyl (C=O) groups is 2. The molecule has 0 aliphatic carbocycles. The van der Waals surface area contributed by atoms with Crippen LogP contribution in [0.2, 0.25) is 16.6 Å². The molecule has 0 bridgehead atoms. The number of amides is 2. The molecule has 326 valence electrons. The molecule has 2 aromatic heterocycles. The Hall–Kier alpha value is -5.26. The molecule has 3 N–H and O–H groups in total. The van der Waals surface area contributed by atoms with E-state index in [1.807, 2.05) is 115 Å². The minimum absolute atomic E-state index is 0. The minimum Gasteiger partial charge on any atom is -0.415 e. The highest BCUT2D eigenvalue weighted by Gasteiger charge is 2.45. The summed E-state index contributed by atoms with van der Waals surface area (Å²) in [6, 6.07) is 34.7. The number of rotatable bonds is 13. The molecule has 9 nitrogen and oxygen atoms in total. The van der Waals surface area contributed by atoms with Crippen LogP contribution >= 0.6 is 0 Å². The summed E-state index contributed by atoms with van der Waals surface area (Å²) >= 11 is 0. The standard InChI is InChI=1S/C27H36N2O2Si.C18H16N2O2.C4H8O.2CH4/c1-19(2)32(20(3)4,21(5)6)31-18-26(22-10-8-7-9-11-22)27(30)29-25-13-12-24-17-28-15-14-23(24)16-25;21-12-17(13-4-2-1-3-5-13)18(22)20-16-7-6-15-11-19-9-8-14(15)10-16;1-2-4-5-3-1;;/h7-17,19-21,26H,18H2,1-6H3,(H,29,30);1-11,17,21H,12H2,(H,20,22);1-4H2;2*1H4. The number of nitrogens with one attached hydrogen (secondary N) is 2. The van der Waals surface area contributed by atoms with Crippen molar-refractivity contribution in [1.82, 2.24) is 9.97 Å². The monoisotopic (exact) mass is 844 g/mol. The van der Waals surface area contributed by atoms with Gasteiger partial charge in [-0.3, -0.25) is 19.6 Å². The summed E-state index contributed by atoms with van der Waals surface area (Å²) in [5.41, 5.74) is 4.68. The molecule has 3 heterocycles. The van der Waals surface area contributed by atoms with Crippen LogP contribution in [0.4, 0.5) is 11.4 Å². The van der Waals surface area contributed by atoms with Crippen molar-refractivity contribution in [3.63, 3.8) is 0 Å². The van der Waals surface area contributed by atoms with E-state index in [9.17, 15) is 14.7 Å². The van der Waals surface area contributed by atoms with Gasteiger partial charge >= 0.3 is 0 Å². The molecule has 1 aliphatic rings. The zero-order valence-corrected chi connectivity index (χ0v) is 36.3. The van der Waals surface area contributed by atoms with E-state index < -0.39 is 14.2 Å². The molecule has 0 spiro atoms. The first kappa shape index (κ1) is 50.1. The molecule has 0 radical (unpaired) electrons. The van der Waals surface area contributed by atoms with Gasteiger partial charge in [0.25, 0.3) is 0 Å². The molecule has 2 unspecified atom stereocenters. The second kappa shape index (κ2) is 24.9. The molecule has 0 saturated carbocycles. The SMILES string of the molecule is C.C.C1CCOC1.CC(C)[Si](OCC(C(=O)Nc1ccc2cnccc2c1)c1ccccc1)(C(C)C)C(C)C.O=C(Nc1ccc2cnccc2c1)C(CO)c1ccccc1. The van der Waals surface area contributed by atoms with Crippen LogP contribution in [-0.4, -0.2) is 61.6 Å². The zero-order chi connectivity index (χ0) is 42.2. The summed E-state index contributed by atoms with van der Waals surface area (Å²) in [6.07, 6.45) is 9.65. The maximum Gasteiger partial charge on any atom is 0.234 e. The Morgan fingerprint density at radius 1 is 0.623 bits per heavy atom. The van der Waals surface area contributed by atoms with Crippen LogP contribution in [0.1, 0.15) is 92.2 Å². The fraction of sp³-hybridized carbons (Fsp3) is 0.373. The number of aromatic nitrogens is 2. The predicted octanol–water partition coefficient (Wildman–Crippen LogP) is 12.2. The lowest BCUT2D eigenvalue weighted by Crippen LogP contribution is -2.49. The van der Waals surface area contributed by atoms with Crippen LogP contribution in [0, 0.1) is 0 Å². The molecule has 2 amide bonds. The van der Waals surface area contributed by atoms with Crippen molar-refractivity contribution in [1.29, 1.82) is 0 Å². The number of carbonyl (C=O) groups excluding carboxylic acids is 2. The Labute approximate surface area is 365 Å². The summed E-state index contributed by atoms with van der Waals surface area (Å²) in [6.45, 7) is 15.8. The maximum atomic E-state index is 13.5. The number of anilines is 2. The lowest BCUT2D eigenvalue weighted by Gasteiger charge is -2.43. The molecular formula is C51H68N4O5Si. The molecule has 10 heteroatoms. The number of aliphatic hydroxyl groups excluding tert-OH is 1. The van der Waals surface area contributed by atoms with Gasteiger partial charge in [-0.15, -0.1) is 0 Å². The maximum absolute atomic E-state index is 13.5. The number of aliphatic hydroxyl groups is 1. The molecule has 7 rings (SSSR count). The molecule has 1 saturated heterocycles. The first-order chi connectivity index (χ1) is 28.5. The summed E-state index contributed by atoms with van der Waals surface area (Å²) in [5.74, 6) is -1.20. The van der Waals surface area contributed by atoms with Crippen molar-refractivity contribution in [3.8, 4) is 0 Å². The molecule has 2 atom stereocenters. The third kappa shape index (κ3) is 13.6. The fourth-order valence-electron chi connectivity index (χ4n) is 8.05. The predicted molar refractivity (Wildman–Crippen MR) is 257 cm³/mol. The van der Waals surface area contributed by atoms with Crippen LogP contribution in [0.25, 0.3) is 21.5 Å². The smallest absolute Gasteiger partial charge is 0.234 e. The third-order valence-electron chi connectivity index (χ3n) is 11.1. The van der Waals surface area contributed by atoms with E-state index in [2.05, 4.69) is 62.1 Å². The van der Waals surface area contributed by atoms with Crippen molar-refractivity contribution >= 4 is 53.1 Å². The van der Waals surface area contributed by atoms with Crippen LogP contribution in [0.5, 0.6) is 0 Å². The summed E-state index contributed by atoms with van der Waals surface area (Å²) < 4.78 is 11.8. The number of pyridine rings is 2. The van der Waals surface area contributed by atoms with Crippen LogP contribution in [0.3, 0.4) is 0 Å². The van der Waals surface area contributed by atoms with Gasteiger partial charge in [0.1, 0.15) is 0 Å². The Balaban J connectivity index is 0.000000296. The van der Waals surface area contributed by atoms with Crippen LogP contribution in [0.15, 0.2) is 134 Å². The van der Waals surface area contributed by atoms with E-state index in [1.165, 1.54) is 12.8 Å². The fourth-order valence-corrected chi connectivity index (χ4v) is 13.5. The Morgan fingerprint density at radius 3 is 1.44 bits per heavy atom. The van der Waals surface area contributed by atoms with Crippen molar-refractivity contribution in [2.24, 2.45) is 0 Å². The highest BCUT2D eigenvalue weighted by molar-refractivity contribution is 6.77. The van der Waals surface area contributed by atoms with Gasteiger partial charge in [-0.2, -0.15) is 0 Å². The van der Waals surface area contributed by atoms with E-state index in [-0.39, 0.29) is 39.2 Å². The zero-order valence-electron chi connectivity index (χ0n) is 35.3. The van der Waals surface area contributed by atoms with Crippen molar-refractivity contribution in [3.05, 3.63) is 145 Å². The average molecular weight is 845 g/mol. The van der Waals surface area contributed by atoms with E-state index in [4.69, 9.17) is 9.16 Å². The lowest BCUT2D eigenvalue weighted by atomic mass is 9.99. The van der Waals surface area contributed by atoms with Crippen molar-refractivity contribution < 1.29 is 23.9 Å². The molecular weight excluding hydrogens is 777 g/mol. The molecule has 4 aromatic carbocycles. The molecule has 61 heavy (non-hydrogen) atoms. The lowest BCUT2D eigenvalue weighted by molar-refractivity contribution is -0.119. The summed E-state index contributed by atoms with van der Waals surface area (Å²) in [5, 5.41) is 19.7. The summed E-state index contributed by atoms with van der Waals surface area (Å²) in [4.78, 5) is 34.1. The Bertz CT molecular complexity index is 2180. The minimum atomic E-state index is -2.08. The molecule has 1 aliphatic heterocycles. The van der Waals surface area contributed by atoms with E-state index >= 15 is 0 Å². The van der Waals surface area contributed by atoms with E-state index in [1.54, 1.807) is 18.6 Å². The molecule has 1 fully saturated rings. The Kier molecular flexibility index (Phi) is 20.4. The van der Waals surface area contributed by atoms with Gasteiger partial charge in [0.05, 0.1) is 18.4 Å². The second-order valence-corrected chi connectivity index (χ2v) is 21.4. The number of benzene rings is 4. The first-order valence-electron chi connectivity index (χ1n) is 20.7. The van der Waals surface area contributed by atoms with Crippen molar-refractivity contribution in [2.75, 3.05) is 37.1 Å². The molecule has 6 aromatic rings. The van der Waals surface area contributed by atoms with E-state index in [0.29, 0.717) is 28.9 Å². The quantitative estimate of drug-likeness (QED) is 0.0989. The highest BCUT2D eigenvalue weighted by Crippen LogP contribution is 2.43. The first-order valence-corrected chi connectivity index (χ1v) is 22.9. The van der Waals surface area contributed by atoms with Crippen LogP contribution < -0.4 is 10.6 Å². The number of nitrogens with zero attached hydrogens (tertiary/aromatic N) is 2. The number of hydrogen-bond donors (Lipinski definition) is 3. The van der Waals surface area contributed by atoms with Gasteiger partial charge < -0.3 is 24.9 Å². The number of fused-ring (bicyclic) bond motifs is 2. The van der Waals surface area contributed by atoms with Crippen LogP contribution in [-0.2, 0) is 18.8 Å². The average Bonchev–Trinajstić information content (AvgIpc) is 3.84. The van der Waals surface area contributed by atoms with Gasteiger partial charge in [-0.1, -0.05) is 129 Å². The van der Waals surface area contributed by atoms with Crippen molar-refractivity contribution in [2.45, 2.75) is 97.7 Å². The third-order valence-corrected chi connectivity index (χ3v) is 17.2. The van der Waals surface area contributed by atoms with E-state index in [0.717, 1.165) is 51.6 Å². The van der Waals surface area contributed by atoms with Gasteiger partial charge in [0.15, 0.2) is 8.32 Å². The highest BCUT2D eigenvalue weighted by atomic mass is 28.4. The largest absolute Gasteiger partial charge is 0.415 e.